The fraction of sp³-hybridized carbons (Fsp3) is 0.562. The molecule has 1 saturated heterocycles. The number of halogens is 2. The average Bonchev–Trinajstić information content (AvgIpc) is 2.82. The summed E-state index contributed by atoms with van der Waals surface area (Å²) >= 11 is 0. The second-order valence-electron chi connectivity index (χ2n) is 6.40. The van der Waals surface area contributed by atoms with Gasteiger partial charge in [-0.25, -0.2) is 18.7 Å². The van der Waals surface area contributed by atoms with E-state index < -0.39 is 6.43 Å². The summed E-state index contributed by atoms with van der Waals surface area (Å²) in [5.41, 5.74) is 2.53. The van der Waals surface area contributed by atoms with E-state index in [4.69, 9.17) is 0 Å². The summed E-state index contributed by atoms with van der Waals surface area (Å²) in [5.74, 6) is 0.960. The quantitative estimate of drug-likeness (QED) is 0.837. The van der Waals surface area contributed by atoms with E-state index in [1.165, 1.54) is 4.68 Å². The molecule has 6 nitrogen and oxygen atoms in total. The highest BCUT2D eigenvalue weighted by Gasteiger charge is 2.32. The Labute approximate surface area is 140 Å². The number of alkyl halides is 2. The number of anilines is 1. The Hall–Kier alpha value is -2.09. The Morgan fingerprint density at radius 2 is 2.00 bits per heavy atom. The molecule has 0 saturated carbocycles. The maximum Gasteiger partial charge on any atom is 0.282 e. The van der Waals surface area contributed by atoms with Gasteiger partial charge in [0.25, 0.3) is 6.43 Å². The van der Waals surface area contributed by atoms with E-state index in [0.29, 0.717) is 18.2 Å². The van der Waals surface area contributed by atoms with E-state index >= 15 is 0 Å². The number of aromatic nitrogens is 4. The Morgan fingerprint density at radius 1 is 1.29 bits per heavy atom. The number of nitrogens with zero attached hydrogens (tertiary/aromatic N) is 6. The maximum atomic E-state index is 13.0. The van der Waals surface area contributed by atoms with Crippen LogP contribution in [0.1, 0.15) is 28.9 Å². The van der Waals surface area contributed by atoms with Crippen molar-refractivity contribution in [3.63, 3.8) is 0 Å². The molecule has 1 fully saturated rings. The van der Waals surface area contributed by atoms with Crippen LogP contribution in [0.4, 0.5) is 14.6 Å². The van der Waals surface area contributed by atoms with Crippen LogP contribution in [-0.4, -0.2) is 50.8 Å². The summed E-state index contributed by atoms with van der Waals surface area (Å²) < 4.78 is 27.5. The first-order valence-corrected chi connectivity index (χ1v) is 7.90. The summed E-state index contributed by atoms with van der Waals surface area (Å²) in [6.07, 6.45) is 0.713. The molecule has 0 amide bonds. The van der Waals surface area contributed by atoms with Gasteiger partial charge < -0.3 is 4.90 Å². The molecule has 0 atom stereocenters. The molecule has 1 aliphatic heterocycles. The number of hydrogen-bond acceptors (Lipinski definition) is 5. The van der Waals surface area contributed by atoms with Crippen molar-refractivity contribution >= 4 is 5.82 Å². The van der Waals surface area contributed by atoms with Crippen LogP contribution in [0.5, 0.6) is 0 Å². The fourth-order valence-electron chi connectivity index (χ4n) is 3.01. The first kappa shape index (κ1) is 16.8. The molecule has 0 spiro atoms. The van der Waals surface area contributed by atoms with Crippen LogP contribution < -0.4 is 4.90 Å². The third kappa shape index (κ3) is 3.10. The summed E-state index contributed by atoms with van der Waals surface area (Å²) in [5, 5.41) is 3.86. The van der Waals surface area contributed by atoms with Crippen LogP contribution in [0.3, 0.4) is 0 Å². The predicted octanol–water partition coefficient (Wildman–Crippen LogP) is 2.09. The zero-order chi connectivity index (χ0) is 17.4. The lowest BCUT2D eigenvalue weighted by Gasteiger charge is -2.45. The van der Waals surface area contributed by atoms with E-state index in [9.17, 15) is 8.78 Å². The predicted molar refractivity (Wildman–Crippen MR) is 87.1 cm³/mol. The molecular formula is C16H22F2N6. The highest BCUT2D eigenvalue weighted by Crippen LogP contribution is 2.27. The molecule has 0 aromatic carbocycles. The number of hydrogen-bond donors (Lipinski definition) is 0. The van der Waals surface area contributed by atoms with Crippen molar-refractivity contribution in [1.82, 2.24) is 24.6 Å². The highest BCUT2D eigenvalue weighted by atomic mass is 19.3. The molecule has 130 valence electrons. The van der Waals surface area contributed by atoms with E-state index in [0.717, 1.165) is 30.2 Å². The minimum atomic E-state index is -2.54. The summed E-state index contributed by atoms with van der Waals surface area (Å²) in [6.45, 7) is 6.12. The summed E-state index contributed by atoms with van der Waals surface area (Å²) in [4.78, 5) is 12.9. The van der Waals surface area contributed by atoms with Crippen LogP contribution in [0.25, 0.3) is 0 Å². The van der Waals surface area contributed by atoms with Crippen molar-refractivity contribution in [2.75, 3.05) is 25.0 Å². The van der Waals surface area contributed by atoms with E-state index in [1.807, 2.05) is 20.9 Å². The van der Waals surface area contributed by atoms with Crippen molar-refractivity contribution in [3.05, 3.63) is 35.0 Å². The molecule has 0 bridgehead atoms. The normalized spacial score (nSPS) is 15.4. The van der Waals surface area contributed by atoms with Crippen molar-refractivity contribution in [3.8, 4) is 0 Å². The Balaban J connectivity index is 1.63. The minimum absolute atomic E-state index is 0.122. The third-order valence-electron chi connectivity index (χ3n) is 4.66. The molecule has 0 unspecified atom stereocenters. The number of rotatable bonds is 5. The average molecular weight is 336 g/mol. The van der Waals surface area contributed by atoms with Crippen molar-refractivity contribution in [2.24, 2.45) is 7.05 Å². The van der Waals surface area contributed by atoms with E-state index in [1.54, 1.807) is 19.6 Å². The molecule has 0 aliphatic carbocycles. The second-order valence-corrected chi connectivity index (χ2v) is 6.40. The lowest BCUT2D eigenvalue weighted by atomic mass is 10.1. The largest absolute Gasteiger partial charge is 0.353 e. The molecule has 8 heteroatoms. The summed E-state index contributed by atoms with van der Waals surface area (Å²) in [6, 6.07) is 0.311. The van der Waals surface area contributed by atoms with Crippen LogP contribution in [0, 0.1) is 13.8 Å². The van der Waals surface area contributed by atoms with Crippen LogP contribution >= 0.6 is 0 Å². The Morgan fingerprint density at radius 3 is 2.67 bits per heavy atom. The molecule has 0 N–H and O–H groups in total. The number of likely N-dealkylation sites (N-methyl/N-ethyl adjacent to an activating group) is 1. The maximum absolute atomic E-state index is 13.0. The van der Waals surface area contributed by atoms with Gasteiger partial charge in [0.2, 0.25) is 0 Å². The zero-order valence-corrected chi connectivity index (χ0v) is 14.4. The van der Waals surface area contributed by atoms with Crippen molar-refractivity contribution in [1.29, 1.82) is 0 Å². The molecular weight excluding hydrogens is 314 g/mol. The SMILES string of the molecule is Cc1ncnc(N2CC(N(C)Cc3cn(C)nc3C(F)F)C2)c1C. The molecule has 3 rings (SSSR count). The molecule has 2 aromatic rings. The first-order valence-electron chi connectivity index (χ1n) is 7.90. The van der Waals surface area contributed by atoms with Gasteiger partial charge in [0.1, 0.15) is 17.8 Å². The van der Waals surface area contributed by atoms with Crippen molar-refractivity contribution < 1.29 is 8.78 Å². The van der Waals surface area contributed by atoms with Crippen LogP contribution in [0.2, 0.25) is 0 Å². The third-order valence-corrected chi connectivity index (χ3v) is 4.66. The molecule has 0 radical (unpaired) electrons. The summed E-state index contributed by atoms with van der Waals surface area (Å²) in [7, 11) is 3.63. The van der Waals surface area contributed by atoms with Gasteiger partial charge in [0.15, 0.2) is 0 Å². The van der Waals surface area contributed by atoms with Gasteiger partial charge in [-0.05, 0) is 20.9 Å². The van der Waals surface area contributed by atoms with Gasteiger partial charge in [0.05, 0.1) is 0 Å². The number of aryl methyl sites for hydroxylation is 2. The minimum Gasteiger partial charge on any atom is -0.353 e. The second kappa shape index (κ2) is 6.43. The van der Waals surface area contributed by atoms with Crippen LogP contribution in [-0.2, 0) is 13.6 Å². The van der Waals surface area contributed by atoms with Gasteiger partial charge in [-0.3, -0.25) is 9.58 Å². The zero-order valence-electron chi connectivity index (χ0n) is 14.4. The van der Waals surface area contributed by atoms with Gasteiger partial charge in [0, 0.05) is 55.7 Å². The van der Waals surface area contributed by atoms with Crippen molar-refractivity contribution in [2.45, 2.75) is 32.9 Å². The van der Waals surface area contributed by atoms with Gasteiger partial charge >= 0.3 is 0 Å². The highest BCUT2D eigenvalue weighted by molar-refractivity contribution is 5.50. The Bertz CT molecular complexity index is 723. The van der Waals surface area contributed by atoms with E-state index in [2.05, 4.69) is 24.9 Å². The lowest BCUT2D eigenvalue weighted by Crippen LogP contribution is -2.58. The first-order chi connectivity index (χ1) is 11.4. The lowest BCUT2D eigenvalue weighted by molar-refractivity contribution is 0.140. The molecule has 1 aliphatic rings. The fourth-order valence-corrected chi connectivity index (χ4v) is 3.01. The van der Waals surface area contributed by atoms with Gasteiger partial charge in [-0.1, -0.05) is 0 Å². The standard InChI is InChI=1S/C16H22F2N6/c1-10-11(2)19-9-20-16(10)24-7-13(8-24)22(3)5-12-6-23(4)21-14(12)15(17)18/h6,9,13,15H,5,7-8H2,1-4H3. The van der Waals surface area contributed by atoms with Crippen LogP contribution in [0.15, 0.2) is 12.5 Å². The van der Waals surface area contributed by atoms with Gasteiger partial charge in [-0.2, -0.15) is 5.10 Å². The molecule has 3 heterocycles. The molecule has 2 aromatic heterocycles. The topological polar surface area (TPSA) is 50.1 Å². The molecule has 24 heavy (non-hydrogen) atoms. The van der Waals surface area contributed by atoms with Gasteiger partial charge in [-0.15, -0.1) is 0 Å². The smallest absolute Gasteiger partial charge is 0.282 e. The Kier molecular flexibility index (Phi) is 4.49. The van der Waals surface area contributed by atoms with E-state index in [-0.39, 0.29) is 5.69 Å². The monoisotopic (exact) mass is 336 g/mol.